The molecule has 4 aromatic rings. The Balaban J connectivity index is 1.79. The average molecular weight is 331 g/mol. The zero-order valence-electron chi connectivity index (χ0n) is 13.4. The fourth-order valence-electron chi connectivity index (χ4n) is 2.91. The number of anilines is 1. The van der Waals surface area contributed by atoms with E-state index in [0.29, 0.717) is 0 Å². The first-order valence-corrected chi connectivity index (χ1v) is 8.72. The molecular formula is C20H17N3S. The lowest BCUT2D eigenvalue weighted by Gasteiger charge is -2.09. The van der Waals surface area contributed by atoms with Crippen LogP contribution in [0.5, 0.6) is 0 Å². The van der Waals surface area contributed by atoms with Crippen molar-refractivity contribution in [2.24, 2.45) is 0 Å². The first-order valence-electron chi connectivity index (χ1n) is 7.90. The largest absolute Gasteiger partial charge is 0.365 e. The van der Waals surface area contributed by atoms with Gasteiger partial charge in [-0.05, 0) is 18.1 Å². The number of nitrogens with zero attached hydrogens (tertiary/aromatic N) is 2. The van der Waals surface area contributed by atoms with Gasteiger partial charge in [0.1, 0.15) is 17.0 Å². The number of aryl methyl sites for hydroxylation is 1. The number of nitrogens with one attached hydrogen (secondary N) is 1. The zero-order chi connectivity index (χ0) is 16.4. The van der Waals surface area contributed by atoms with Crippen molar-refractivity contribution in [2.45, 2.75) is 13.5 Å². The molecule has 0 unspecified atom stereocenters. The van der Waals surface area contributed by atoms with Crippen LogP contribution in [0.25, 0.3) is 21.3 Å². The molecule has 118 valence electrons. The summed E-state index contributed by atoms with van der Waals surface area (Å²) in [6.45, 7) is 2.89. The Morgan fingerprint density at radius 3 is 2.38 bits per heavy atom. The van der Waals surface area contributed by atoms with Gasteiger partial charge in [-0.15, -0.1) is 11.3 Å². The SMILES string of the molecule is Cc1sc2ncnc(NCc3ccccc3)c2c1-c1ccccc1. The normalized spacial score (nSPS) is 10.9. The number of rotatable bonds is 4. The molecule has 0 atom stereocenters. The molecule has 24 heavy (non-hydrogen) atoms. The van der Waals surface area contributed by atoms with Crippen LogP contribution in [-0.4, -0.2) is 9.97 Å². The number of hydrogen-bond donors (Lipinski definition) is 1. The van der Waals surface area contributed by atoms with E-state index in [4.69, 9.17) is 0 Å². The Kier molecular flexibility index (Phi) is 3.97. The maximum absolute atomic E-state index is 4.51. The van der Waals surface area contributed by atoms with Crippen LogP contribution < -0.4 is 5.32 Å². The maximum Gasteiger partial charge on any atom is 0.139 e. The molecule has 0 fully saturated rings. The summed E-state index contributed by atoms with van der Waals surface area (Å²) >= 11 is 1.72. The molecule has 0 saturated heterocycles. The van der Waals surface area contributed by atoms with Gasteiger partial charge < -0.3 is 5.32 Å². The van der Waals surface area contributed by atoms with Crippen molar-refractivity contribution < 1.29 is 0 Å². The van der Waals surface area contributed by atoms with Crippen molar-refractivity contribution in [3.63, 3.8) is 0 Å². The standard InChI is InChI=1S/C20H17N3S/c1-14-17(16-10-6-3-7-11-16)18-19(22-13-23-20(18)24-14)21-12-15-8-4-2-5-9-15/h2-11,13H,12H2,1H3,(H,21,22,23). The van der Waals surface area contributed by atoms with Crippen molar-refractivity contribution in [3.05, 3.63) is 77.4 Å². The van der Waals surface area contributed by atoms with Gasteiger partial charge in [0, 0.05) is 17.0 Å². The second-order valence-electron chi connectivity index (χ2n) is 5.64. The predicted octanol–water partition coefficient (Wildman–Crippen LogP) is 5.28. The van der Waals surface area contributed by atoms with Crippen LogP contribution in [0.2, 0.25) is 0 Å². The molecule has 2 heterocycles. The molecule has 0 radical (unpaired) electrons. The molecule has 2 aromatic heterocycles. The third kappa shape index (κ3) is 2.76. The summed E-state index contributed by atoms with van der Waals surface area (Å²) in [6.07, 6.45) is 1.64. The molecule has 4 rings (SSSR count). The first kappa shape index (κ1) is 14.8. The van der Waals surface area contributed by atoms with Gasteiger partial charge >= 0.3 is 0 Å². The molecule has 1 N–H and O–H groups in total. The highest BCUT2D eigenvalue weighted by Crippen LogP contribution is 2.40. The lowest BCUT2D eigenvalue weighted by Crippen LogP contribution is -2.02. The molecule has 0 aliphatic heterocycles. The summed E-state index contributed by atoms with van der Waals surface area (Å²) in [6, 6.07) is 20.8. The third-order valence-electron chi connectivity index (χ3n) is 4.03. The van der Waals surface area contributed by atoms with Gasteiger partial charge in [-0.3, -0.25) is 0 Å². The molecule has 0 amide bonds. The molecular weight excluding hydrogens is 314 g/mol. The lowest BCUT2D eigenvalue weighted by molar-refractivity contribution is 1.11. The van der Waals surface area contributed by atoms with Crippen molar-refractivity contribution >= 4 is 27.4 Å². The maximum atomic E-state index is 4.51. The summed E-state index contributed by atoms with van der Waals surface area (Å²) in [5.74, 6) is 0.895. The summed E-state index contributed by atoms with van der Waals surface area (Å²) in [7, 11) is 0. The summed E-state index contributed by atoms with van der Waals surface area (Å²) in [5.41, 5.74) is 3.67. The highest BCUT2D eigenvalue weighted by Gasteiger charge is 2.16. The first-order chi connectivity index (χ1) is 11.8. The van der Waals surface area contributed by atoms with Gasteiger partial charge in [0.05, 0.1) is 5.39 Å². The van der Waals surface area contributed by atoms with E-state index in [1.54, 1.807) is 17.7 Å². The quantitative estimate of drug-likeness (QED) is 0.553. The van der Waals surface area contributed by atoms with Crippen LogP contribution in [0, 0.1) is 6.92 Å². The fraction of sp³-hybridized carbons (Fsp3) is 0.100. The Hall–Kier alpha value is -2.72. The molecule has 0 aliphatic rings. The lowest BCUT2D eigenvalue weighted by atomic mass is 10.0. The van der Waals surface area contributed by atoms with E-state index in [1.807, 2.05) is 12.1 Å². The third-order valence-corrected chi connectivity index (χ3v) is 5.04. The molecule has 4 heteroatoms. The van der Waals surface area contributed by atoms with Crippen LogP contribution >= 0.6 is 11.3 Å². The smallest absolute Gasteiger partial charge is 0.139 e. The Morgan fingerprint density at radius 1 is 0.917 bits per heavy atom. The van der Waals surface area contributed by atoms with Gasteiger partial charge in [0.15, 0.2) is 0 Å². The Morgan fingerprint density at radius 2 is 1.62 bits per heavy atom. The second-order valence-corrected chi connectivity index (χ2v) is 6.84. The predicted molar refractivity (Wildman–Crippen MR) is 101 cm³/mol. The van der Waals surface area contributed by atoms with E-state index in [2.05, 4.69) is 70.7 Å². The summed E-state index contributed by atoms with van der Waals surface area (Å²) < 4.78 is 0. The van der Waals surface area contributed by atoms with Crippen molar-refractivity contribution in [3.8, 4) is 11.1 Å². The molecule has 0 spiro atoms. The number of fused-ring (bicyclic) bond motifs is 1. The molecule has 2 aromatic carbocycles. The van der Waals surface area contributed by atoms with Gasteiger partial charge in [-0.2, -0.15) is 0 Å². The van der Waals surface area contributed by atoms with Gasteiger partial charge in [-0.1, -0.05) is 60.7 Å². The van der Waals surface area contributed by atoms with Crippen LogP contribution in [0.3, 0.4) is 0 Å². The Labute approximate surface area is 145 Å². The molecule has 0 aliphatic carbocycles. The molecule has 0 bridgehead atoms. The van der Waals surface area contributed by atoms with E-state index < -0.39 is 0 Å². The average Bonchev–Trinajstić information content (AvgIpc) is 2.98. The number of thiophene rings is 1. The fourth-order valence-corrected chi connectivity index (χ4v) is 3.92. The van der Waals surface area contributed by atoms with Crippen molar-refractivity contribution in [1.29, 1.82) is 0 Å². The number of aromatic nitrogens is 2. The van der Waals surface area contributed by atoms with Gasteiger partial charge in [0.2, 0.25) is 0 Å². The topological polar surface area (TPSA) is 37.8 Å². The Bertz CT molecular complexity index is 962. The van der Waals surface area contributed by atoms with E-state index >= 15 is 0 Å². The minimum Gasteiger partial charge on any atom is -0.365 e. The van der Waals surface area contributed by atoms with Crippen molar-refractivity contribution in [1.82, 2.24) is 9.97 Å². The van der Waals surface area contributed by atoms with Gasteiger partial charge in [0.25, 0.3) is 0 Å². The van der Waals surface area contributed by atoms with Crippen LogP contribution in [0.4, 0.5) is 5.82 Å². The van der Waals surface area contributed by atoms with E-state index in [1.165, 1.54) is 21.6 Å². The molecule has 3 nitrogen and oxygen atoms in total. The highest BCUT2D eigenvalue weighted by molar-refractivity contribution is 7.19. The van der Waals surface area contributed by atoms with E-state index in [0.717, 1.165) is 22.6 Å². The highest BCUT2D eigenvalue weighted by atomic mass is 32.1. The molecule has 0 saturated carbocycles. The zero-order valence-corrected chi connectivity index (χ0v) is 14.2. The van der Waals surface area contributed by atoms with Crippen LogP contribution in [0.1, 0.15) is 10.4 Å². The monoisotopic (exact) mass is 331 g/mol. The van der Waals surface area contributed by atoms with Crippen molar-refractivity contribution in [2.75, 3.05) is 5.32 Å². The van der Waals surface area contributed by atoms with Crippen LogP contribution in [-0.2, 0) is 6.54 Å². The van der Waals surface area contributed by atoms with E-state index in [9.17, 15) is 0 Å². The van der Waals surface area contributed by atoms with E-state index in [-0.39, 0.29) is 0 Å². The second kappa shape index (κ2) is 6.42. The minimum absolute atomic E-state index is 0.746. The van der Waals surface area contributed by atoms with Gasteiger partial charge in [-0.25, -0.2) is 9.97 Å². The number of benzene rings is 2. The minimum atomic E-state index is 0.746. The summed E-state index contributed by atoms with van der Waals surface area (Å²) in [5, 5.41) is 4.60. The van der Waals surface area contributed by atoms with Crippen LogP contribution in [0.15, 0.2) is 67.0 Å². The number of hydrogen-bond acceptors (Lipinski definition) is 4. The summed E-state index contributed by atoms with van der Waals surface area (Å²) in [4.78, 5) is 11.3.